The van der Waals surface area contributed by atoms with Crippen LogP contribution in [0.25, 0.3) is 0 Å². The van der Waals surface area contributed by atoms with Crippen LogP contribution in [0.2, 0.25) is 10.0 Å². The molecular weight excluding hydrogens is 305 g/mol. The van der Waals surface area contributed by atoms with E-state index in [1.54, 1.807) is 30.0 Å². The zero-order chi connectivity index (χ0) is 14.4. The number of benzene rings is 1. The number of carbonyl (C=O) groups is 1. The Hall–Kier alpha value is -0.420. The average Bonchev–Trinajstić information content (AvgIpc) is 2.34. The first-order chi connectivity index (χ1) is 8.93. The lowest BCUT2D eigenvalue weighted by Crippen LogP contribution is -2.33. The van der Waals surface area contributed by atoms with Crippen LogP contribution in [0.3, 0.4) is 0 Å². The van der Waals surface area contributed by atoms with Gasteiger partial charge in [-0.25, -0.2) is 0 Å². The summed E-state index contributed by atoms with van der Waals surface area (Å²) in [5.74, 6) is 0.608. The van der Waals surface area contributed by atoms with Gasteiger partial charge in [0.1, 0.15) is 0 Å². The number of nitrogens with one attached hydrogen (secondary N) is 1. The average molecular weight is 322 g/mol. The van der Waals surface area contributed by atoms with Crippen molar-refractivity contribution < 1.29 is 9.90 Å². The molecule has 0 aromatic heterocycles. The van der Waals surface area contributed by atoms with Gasteiger partial charge in [0.05, 0.1) is 6.10 Å². The second-order valence-electron chi connectivity index (χ2n) is 4.32. The number of aliphatic hydroxyl groups excluding tert-OH is 1. The molecule has 0 aliphatic heterocycles. The number of amides is 1. The molecule has 0 saturated heterocycles. The van der Waals surface area contributed by atoms with Gasteiger partial charge in [0.2, 0.25) is 5.91 Å². The highest BCUT2D eigenvalue weighted by Gasteiger charge is 2.15. The van der Waals surface area contributed by atoms with Gasteiger partial charge in [0, 0.05) is 28.3 Å². The highest BCUT2D eigenvalue weighted by atomic mass is 35.5. The standard InChI is InChI=1S/C13H17Cl2NO2S/c1-8(7-19-2)13(18)16-6-12(17)9-3-10(14)5-11(15)4-9/h3-5,8,12,17H,6-7H2,1-2H3,(H,16,18)/t8-,12-/m1/s1. The molecule has 1 rings (SSSR count). The van der Waals surface area contributed by atoms with Crippen molar-refractivity contribution in [1.82, 2.24) is 5.32 Å². The highest BCUT2D eigenvalue weighted by Crippen LogP contribution is 2.23. The van der Waals surface area contributed by atoms with Crippen LogP contribution in [0.1, 0.15) is 18.6 Å². The van der Waals surface area contributed by atoms with Crippen LogP contribution in [-0.4, -0.2) is 29.6 Å². The van der Waals surface area contributed by atoms with E-state index in [0.29, 0.717) is 15.6 Å². The van der Waals surface area contributed by atoms with E-state index < -0.39 is 6.10 Å². The maximum absolute atomic E-state index is 11.7. The number of hydrogen-bond donors (Lipinski definition) is 2. The fourth-order valence-corrected chi connectivity index (χ4v) is 2.78. The van der Waals surface area contributed by atoms with Crippen molar-refractivity contribution >= 4 is 40.9 Å². The van der Waals surface area contributed by atoms with Gasteiger partial charge < -0.3 is 10.4 Å². The first-order valence-corrected chi connectivity index (χ1v) is 7.99. The largest absolute Gasteiger partial charge is 0.387 e. The zero-order valence-electron chi connectivity index (χ0n) is 10.8. The Labute approximate surface area is 127 Å². The van der Waals surface area contributed by atoms with E-state index >= 15 is 0 Å². The molecule has 1 amide bonds. The summed E-state index contributed by atoms with van der Waals surface area (Å²) in [4.78, 5) is 11.7. The van der Waals surface area contributed by atoms with Crippen molar-refractivity contribution in [1.29, 1.82) is 0 Å². The predicted octanol–water partition coefficient (Wildman–Crippen LogP) is 3.14. The molecule has 19 heavy (non-hydrogen) atoms. The molecule has 106 valence electrons. The number of thioether (sulfide) groups is 1. The summed E-state index contributed by atoms with van der Waals surface area (Å²) in [6.07, 6.45) is 1.13. The molecule has 6 heteroatoms. The lowest BCUT2D eigenvalue weighted by Gasteiger charge is -2.15. The van der Waals surface area contributed by atoms with E-state index in [-0.39, 0.29) is 18.4 Å². The third-order valence-corrected chi connectivity index (χ3v) is 3.87. The van der Waals surface area contributed by atoms with Crippen LogP contribution in [-0.2, 0) is 4.79 Å². The monoisotopic (exact) mass is 321 g/mol. The lowest BCUT2D eigenvalue weighted by molar-refractivity contribution is -0.124. The summed E-state index contributed by atoms with van der Waals surface area (Å²) >= 11 is 13.3. The molecule has 0 aliphatic rings. The minimum atomic E-state index is -0.818. The third kappa shape index (κ3) is 5.61. The summed E-state index contributed by atoms with van der Waals surface area (Å²) in [5, 5.41) is 13.6. The smallest absolute Gasteiger partial charge is 0.223 e. The summed E-state index contributed by atoms with van der Waals surface area (Å²) in [6.45, 7) is 2.00. The quantitative estimate of drug-likeness (QED) is 0.846. The molecule has 1 aromatic carbocycles. The van der Waals surface area contributed by atoms with Gasteiger partial charge in [-0.1, -0.05) is 30.1 Å². The molecule has 0 unspecified atom stereocenters. The van der Waals surface area contributed by atoms with E-state index in [4.69, 9.17) is 23.2 Å². The maximum atomic E-state index is 11.7. The van der Waals surface area contributed by atoms with Crippen molar-refractivity contribution in [2.24, 2.45) is 5.92 Å². The van der Waals surface area contributed by atoms with Crippen LogP contribution in [0.4, 0.5) is 0 Å². The Kier molecular flexibility index (Phi) is 7.00. The SMILES string of the molecule is CSC[C@@H](C)C(=O)NC[C@@H](O)c1cc(Cl)cc(Cl)c1. The zero-order valence-corrected chi connectivity index (χ0v) is 13.1. The minimum absolute atomic E-state index is 0.0680. The summed E-state index contributed by atoms with van der Waals surface area (Å²) < 4.78 is 0. The Bertz CT molecular complexity index is 422. The molecule has 0 radical (unpaired) electrons. The van der Waals surface area contributed by atoms with Crippen molar-refractivity contribution in [2.75, 3.05) is 18.6 Å². The van der Waals surface area contributed by atoms with Gasteiger partial charge in [-0.3, -0.25) is 4.79 Å². The van der Waals surface area contributed by atoms with Gasteiger partial charge in [-0.2, -0.15) is 11.8 Å². The first kappa shape index (κ1) is 16.6. The van der Waals surface area contributed by atoms with E-state index in [0.717, 1.165) is 5.75 Å². The van der Waals surface area contributed by atoms with Crippen LogP contribution >= 0.6 is 35.0 Å². The van der Waals surface area contributed by atoms with Crippen LogP contribution in [0.5, 0.6) is 0 Å². The number of rotatable bonds is 6. The minimum Gasteiger partial charge on any atom is -0.387 e. The molecule has 0 fully saturated rings. The summed E-state index contributed by atoms with van der Waals surface area (Å²) in [5.41, 5.74) is 0.593. The fraction of sp³-hybridized carbons (Fsp3) is 0.462. The molecule has 0 saturated carbocycles. The van der Waals surface area contributed by atoms with E-state index in [9.17, 15) is 9.90 Å². The first-order valence-electron chi connectivity index (χ1n) is 5.84. The Morgan fingerprint density at radius 2 is 1.95 bits per heavy atom. The topological polar surface area (TPSA) is 49.3 Å². The molecular formula is C13H17Cl2NO2S. The number of hydrogen-bond acceptors (Lipinski definition) is 3. The molecule has 2 N–H and O–H groups in total. The van der Waals surface area contributed by atoms with Gasteiger partial charge in [-0.05, 0) is 30.0 Å². The number of halogens is 2. The highest BCUT2D eigenvalue weighted by molar-refractivity contribution is 7.98. The van der Waals surface area contributed by atoms with Crippen LogP contribution < -0.4 is 5.32 Å². The second-order valence-corrected chi connectivity index (χ2v) is 6.10. The van der Waals surface area contributed by atoms with Crippen molar-refractivity contribution in [2.45, 2.75) is 13.0 Å². The number of carbonyl (C=O) groups excluding carboxylic acids is 1. The third-order valence-electron chi connectivity index (χ3n) is 2.60. The van der Waals surface area contributed by atoms with Crippen LogP contribution in [0, 0.1) is 5.92 Å². The lowest BCUT2D eigenvalue weighted by atomic mass is 10.1. The molecule has 0 aliphatic carbocycles. The predicted molar refractivity (Wildman–Crippen MR) is 82.0 cm³/mol. The second kappa shape index (κ2) is 8.00. The van der Waals surface area contributed by atoms with E-state index in [2.05, 4.69) is 5.32 Å². The molecule has 2 atom stereocenters. The number of aliphatic hydroxyl groups is 1. The molecule has 0 bridgehead atoms. The van der Waals surface area contributed by atoms with E-state index in [1.807, 2.05) is 13.2 Å². The Morgan fingerprint density at radius 1 is 1.37 bits per heavy atom. The van der Waals surface area contributed by atoms with Crippen molar-refractivity contribution in [3.8, 4) is 0 Å². The summed E-state index contributed by atoms with van der Waals surface area (Å²) in [6, 6.07) is 4.86. The molecule has 0 spiro atoms. The normalized spacial score (nSPS) is 13.9. The van der Waals surface area contributed by atoms with Crippen LogP contribution in [0.15, 0.2) is 18.2 Å². The molecule has 1 aromatic rings. The van der Waals surface area contributed by atoms with Crippen molar-refractivity contribution in [3.05, 3.63) is 33.8 Å². The fourth-order valence-electron chi connectivity index (χ4n) is 1.58. The molecule has 3 nitrogen and oxygen atoms in total. The van der Waals surface area contributed by atoms with Crippen molar-refractivity contribution in [3.63, 3.8) is 0 Å². The maximum Gasteiger partial charge on any atom is 0.223 e. The van der Waals surface area contributed by atoms with Gasteiger partial charge in [0.15, 0.2) is 0 Å². The summed E-state index contributed by atoms with van der Waals surface area (Å²) in [7, 11) is 0. The Balaban J connectivity index is 2.55. The van der Waals surface area contributed by atoms with E-state index in [1.165, 1.54) is 0 Å². The van der Waals surface area contributed by atoms with Gasteiger partial charge in [-0.15, -0.1) is 0 Å². The Morgan fingerprint density at radius 3 is 2.47 bits per heavy atom. The molecule has 0 heterocycles. The van der Waals surface area contributed by atoms with Gasteiger partial charge >= 0.3 is 0 Å². The van der Waals surface area contributed by atoms with Gasteiger partial charge in [0.25, 0.3) is 0 Å².